The molecule has 1 atom stereocenters. The molecule has 1 aromatic carbocycles. The Morgan fingerprint density at radius 1 is 1.27 bits per heavy atom. The summed E-state index contributed by atoms with van der Waals surface area (Å²) in [6, 6.07) is 8.44. The van der Waals surface area contributed by atoms with Gasteiger partial charge >= 0.3 is 0 Å². The third kappa shape index (κ3) is 3.59. The molecular formula is C16H23ClN4O. The van der Waals surface area contributed by atoms with Crippen LogP contribution in [0.2, 0.25) is 0 Å². The third-order valence-corrected chi connectivity index (χ3v) is 3.82. The van der Waals surface area contributed by atoms with Crippen LogP contribution in [0.1, 0.15) is 19.8 Å². The summed E-state index contributed by atoms with van der Waals surface area (Å²) >= 11 is 0. The Kier molecular flexibility index (Phi) is 5.80. The number of anilines is 1. The average Bonchev–Trinajstić information content (AvgIpc) is 2.99. The fourth-order valence-corrected chi connectivity index (χ4v) is 2.79. The Bertz CT molecular complexity index is 616. The van der Waals surface area contributed by atoms with Gasteiger partial charge in [-0.05, 0) is 38.4 Å². The summed E-state index contributed by atoms with van der Waals surface area (Å²) in [5, 5.41) is 3.52. The summed E-state index contributed by atoms with van der Waals surface area (Å²) in [6.07, 6.45) is 2.47. The number of likely N-dealkylation sites (N-methyl/N-ethyl adjacent to an activating group) is 1. The number of ether oxygens (including phenoxy) is 1. The number of para-hydroxylation sites is 2. The highest BCUT2D eigenvalue weighted by Gasteiger charge is 2.20. The molecule has 2 heterocycles. The lowest BCUT2D eigenvalue weighted by atomic mass is 10.2. The molecule has 1 aliphatic rings. The lowest BCUT2D eigenvalue weighted by Crippen LogP contribution is -2.36. The first-order valence-electron chi connectivity index (χ1n) is 7.62. The van der Waals surface area contributed by atoms with Crippen molar-refractivity contribution in [1.29, 1.82) is 0 Å². The van der Waals surface area contributed by atoms with Crippen molar-refractivity contribution in [1.82, 2.24) is 15.3 Å². The van der Waals surface area contributed by atoms with Gasteiger partial charge in [-0.2, -0.15) is 0 Å². The van der Waals surface area contributed by atoms with Crippen LogP contribution in [0.15, 0.2) is 24.3 Å². The zero-order valence-electron chi connectivity index (χ0n) is 13.1. The molecule has 1 saturated heterocycles. The van der Waals surface area contributed by atoms with Gasteiger partial charge in [0.2, 0.25) is 0 Å². The minimum atomic E-state index is 0. The predicted octanol–water partition coefficient (Wildman–Crippen LogP) is 2.64. The molecule has 1 fully saturated rings. The number of hydrogen-bond acceptors (Lipinski definition) is 5. The van der Waals surface area contributed by atoms with Crippen molar-refractivity contribution in [3.8, 4) is 5.88 Å². The van der Waals surface area contributed by atoms with E-state index in [1.165, 1.54) is 12.8 Å². The van der Waals surface area contributed by atoms with Gasteiger partial charge in [-0.1, -0.05) is 12.1 Å². The maximum absolute atomic E-state index is 5.70. The molecule has 6 heteroatoms. The summed E-state index contributed by atoms with van der Waals surface area (Å²) in [7, 11) is 2.06. The second-order valence-electron chi connectivity index (χ2n) is 5.45. The van der Waals surface area contributed by atoms with Gasteiger partial charge in [-0.15, -0.1) is 12.4 Å². The van der Waals surface area contributed by atoms with Crippen LogP contribution < -0.4 is 15.0 Å². The Labute approximate surface area is 137 Å². The monoisotopic (exact) mass is 322 g/mol. The zero-order valence-corrected chi connectivity index (χ0v) is 13.9. The van der Waals surface area contributed by atoms with Gasteiger partial charge in [0.05, 0.1) is 17.6 Å². The first-order valence-corrected chi connectivity index (χ1v) is 7.62. The van der Waals surface area contributed by atoms with Crippen LogP contribution in [0.4, 0.5) is 5.82 Å². The van der Waals surface area contributed by atoms with Crippen LogP contribution in [0.3, 0.4) is 0 Å². The average molecular weight is 323 g/mol. The molecular weight excluding hydrogens is 300 g/mol. The summed E-state index contributed by atoms with van der Waals surface area (Å²) in [6.45, 7) is 4.60. The van der Waals surface area contributed by atoms with E-state index in [2.05, 4.69) is 22.2 Å². The Morgan fingerprint density at radius 2 is 2.00 bits per heavy atom. The molecule has 120 valence electrons. The number of aromatic nitrogens is 2. The lowest BCUT2D eigenvalue weighted by Gasteiger charge is -2.24. The molecule has 0 bridgehead atoms. The summed E-state index contributed by atoms with van der Waals surface area (Å²) in [4.78, 5) is 11.5. The molecule has 1 aromatic heterocycles. The molecule has 1 aliphatic heterocycles. The standard InChI is InChI=1S/C16H22N4O.ClH/c1-3-21-16-15(20(2)11-12-7-6-10-17-12)18-13-8-4-5-9-14(13)19-16;/h4-5,8-9,12,17H,3,6-7,10-11H2,1-2H3;1H. The summed E-state index contributed by atoms with van der Waals surface area (Å²) in [5.74, 6) is 1.45. The van der Waals surface area contributed by atoms with Crippen LogP contribution in [-0.4, -0.2) is 42.8 Å². The van der Waals surface area contributed by atoms with E-state index in [1.54, 1.807) is 0 Å². The molecule has 2 aromatic rings. The van der Waals surface area contributed by atoms with E-state index in [9.17, 15) is 0 Å². The van der Waals surface area contributed by atoms with E-state index in [1.807, 2.05) is 31.2 Å². The van der Waals surface area contributed by atoms with Gasteiger partial charge in [-0.3, -0.25) is 0 Å². The lowest BCUT2D eigenvalue weighted by molar-refractivity contribution is 0.327. The predicted molar refractivity (Wildman–Crippen MR) is 92.2 cm³/mol. The van der Waals surface area contributed by atoms with Crippen molar-refractivity contribution < 1.29 is 4.74 Å². The van der Waals surface area contributed by atoms with Crippen molar-refractivity contribution in [3.05, 3.63) is 24.3 Å². The van der Waals surface area contributed by atoms with Crippen LogP contribution in [0.25, 0.3) is 11.0 Å². The highest BCUT2D eigenvalue weighted by molar-refractivity contribution is 5.85. The van der Waals surface area contributed by atoms with Crippen LogP contribution in [0, 0.1) is 0 Å². The quantitative estimate of drug-likeness (QED) is 0.917. The summed E-state index contributed by atoms with van der Waals surface area (Å²) in [5.41, 5.74) is 1.78. The van der Waals surface area contributed by atoms with E-state index in [0.29, 0.717) is 18.5 Å². The van der Waals surface area contributed by atoms with Gasteiger partial charge in [0.1, 0.15) is 0 Å². The molecule has 1 N–H and O–H groups in total. The molecule has 5 nitrogen and oxygen atoms in total. The second-order valence-corrected chi connectivity index (χ2v) is 5.45. The second kappa shape index (κ2) is 7.61. The third-order valence-electron chi connectivity index (χ3n) is 3.82. The highest BCUT2D eigenvalue weighted by atomic mass is 35.5. The minimum Gasteiger partial charge on any atom is -0.475 e. The zero-order chi connectivity index (χ0) is 14.7. The van der Waals surface area contributed by atoms with Gasteiger partial charge in [0.15, 0.2) is 5.82 Å². The van der Waals surface area contributed by atoms with E-state index < -0.39 is 0 Å². The minimum absolute atomic E-state index is 0. The largest absolute Gasteiger partial charge is 0.475 e. The van der Waals surface area contributed by atoms with Crippen molar-refractivity contribution in [2.75, 3.05) is 31.6 Å². The fraction of sp³-hybridized carbons (Fsp3) is 0.500. The number of rotatable bonds is 5. The Morgan fingerprint density at radius 3 is 2.64 bits per heavy atom. The van der Waals surface area contributed by atoms with Crippen molar-refractivity contribution in [3.63, 3.8) is 0 Å². The van der Waals surface area contributed by atoms with Gasteiger partial charge < -0.3 is 15.0 Å². The highest BCUT2D eigenvalue weighted by Crippen LogP contribution is 2.26. The van der Waals surface area contributed by atoms with Crippen LogP contribution in [0.5, 0.6) is 5.88 Å². The van der Waals surface area contributed by atoms with E-state index >= 15 is 0 Å². The number of halogens is 1. The molecule has 0 amide bonds. The van der Waals surface area contributed by atoms with Gasteiger partial charge in [0.25, 0.3) is 5.88 Å². The molecule has 0 aliphatic carbocycles. The van der Waals surface area contributed by atoms with Crippen molar-refractivity contribution >= 4 is 29.3 Å². The number of fused-ring (bicyclic) bond motifs is 1. The first-order chi connectivity index (χ1) is 10.3. The van der Waals surface area contributed by atoms with Crippen molar-refractivity contribution in [2.24, 2.45) is 0 Å². The maximum Gasteiger partial charge on any atom is 0.258 e. The first kappa shape index (κ1) is 16.8. The van der Waals surface area contributed by atoms with Crippen LogP contribution in [-0.2, 0) is 0 Å². The smallest absolute Gasteiger partial charge is 0.258 e. The van der Waals surface area contributed by atoms with E-state index in [4.69, 9.17) is 9.72 Å². The molecule has 0 saturated carbocycles. The Balaban J connectivity index is 0.00000176. The SMILES string of the molecule is CCOc1nc2ccccc2nc1N(C)CC1CCCN1.Cl. The van der Waals surface area contributed by atoms with E-state index in [0.717, 1.165) is 29.9 Å². The van der Waals surface area contributed by atoms with Crippen molar-refractivity contribution in [2.45, 2.75) is 25.8 Å². The maximum atomic E-state index is 5.70. The fourth-order valence-electron chi connectivity index (χ4n) is 2.79. The number of hydrogen-bond donors (Lipinski definition) is 1. The topological polar surface area (TPSA) is 50.3 Å². The number of nitrogens with one attached hydrogen (secondary N) is 1. The van der Waals surface area contributed by atoms with Crippen LogP contribution >= 0.6 is 12.4 Å². The molecule has 0 spiro atoms. The molecule has 0 radical (unpaired) electrons. The number of benzene rings is 1. The Hall–Kier alpha value is -1.59. The van der Waals surface area contributed by atoms with Gasteiger partial charge in [-0.25, -0.2) is 9.97 Å². The molecule has 3 rings (SSSR count). The molecule has 22 heavy (non-hydrogen) atoms. The number of nitrogens with zero attached hydrogens (tertiary/aromatic N) is 3. The van der Waals surface area contributed by atoms with Gasteiger partial charge in [0, 0.05) is 19.6 Å². The summed E-state index contributed by atoms with van der Waals surface area (Å²) < 4.78 is 5.70. The normalized spacial score (nSPS) is 17.3. The van der Waals surface area contributed by atoms with E-state index in [-0.39, 0.29) is 12.4 Å². The molecule has 1 unspecified atom stereocenters.